The van der Waals surface area contributed by atoms with E-state index >= 15 is 0 Å². The first kappa shape index (κ1) is 27.4. The first-order valence-electron chi connectivity index (χ1n) is 12.6. The SMILES string of the molecule is O=C(NNCCc1ccccc1Cl)[C@]1(C/C=C/c2ccccc2)COC(c2ccc(OCCCO)cc2)=N1. The van der Waals surface area contributed by atoms with E-state index in [2.05, 4.69) is 10.9 Å². The standard InChI is InChI=1S/C30H32ClN3O4/c31-27-12-5-4-11-24(27)17-19-32-34-29(36)30(18-6-10-23-8-2-1-3-9-23)22-38-28(33-30)25-13-15-26(16-14-25)37-21-7-20-35/h1-6,8-16,32,35H,7,17-22H2,(H,34,36)/b10-6+/t30-/m0/s1. The summed E-state index contributed by atoms with van der Waals surface area (Å²) in [4.78, 5) is 18.2. The van der Waals surface area contributed by atoms with Gasteiger partial charge in [0.1, 0.15) is 12.4 Å². The molecule has 0 saturated heterocycles. The van der Waals surface area contributed by atoms with Crippen LogP contribution in [0.5, 0.6) is 5.75 Å². The molecule has 0 radical (unpaired) electrons. The van der Waals surface area contributed by atoms with E-state index in [0.29, 0.717) is 49.1 Å². The summed E-state index contributed by atoms with van der Waals surface area (Å²) in [6, 6.07) is 24.9. The van der Waals surface area contributed by atoms with Crippen LogP contribution in [0.25, 0.3) is 6.08 Å². The topological polar surface area (TPSA) is 92.2 Å². The summed E-state index contributed by atoms with van der Waals surface area (Å²) in [6.45, 7) is 1.16. The predicted octanol–water partition coefficient (Wildman–Crippen LogP) is 4.58. The van der Waals surface area contributed by atoms with E-state index in [9.17, 15) is 4.79 Å². The Morgan fingerprint density at radius 3 is 2.61 bits per heavy atom. The molecule has 3 aromatic carbocycles. The Bertz CT molecular complexity index is 1250. The largest absolute Gasteiger partial charge is 0.494 e. The maximum absolute atomic E-state index is 13.4. The third-order valence-electron chi connectivity index (χ3n) is 6.10. The number of amides is 1. The van der Waals surface area contributed by atoms with Crippen LogP contribution in [0.3, 0.4) is 0 Å². The summed E-state index contributed by atoms with van der Waals surface area (Å²) in [6.07, 6.45) is 5.53. The van der Waals surface area contributed by atoms with E-state index in [1.54, 1.807) is 0 Å². The molecule has 4 rings (SSSR count). The number of hydrogen-bond acceptors (Lipinski definition) is 6. The lowest BCUT2D eigenvalue weighted by Gasteiger charge is -2.22. The molecule has 38 heavy (non-hydrogen) atoms. The Hall–Kier alpha value is -3.65. The fraction of sp³-hybridized carbons (Fsp3) is 0.267. The molecule has 0 unspecified atom stereocenters. The molecule has 8 heteroatoms. The second-order valence-electron chi connectivity index (χ2n) is 8.93. The smallest absolute Gasteiger partial charge is 0.266 e. The number of carbonyl (C=O) groups excluding carboxylic acids is 1. The van der Waals surface area contributed by atoms with E-state index in [0.717, 1.165) is 16.7 Å². The van der Waals surface area contributed by atoms with Gasteiger partial charge in [-0.1, -0.05) is 72.3 Å². The number of aliphatic hydroxyl groups is 1. The number of carbonyl (C=O) groups is 1. The Morgan fingerprint density at radius 1 is 1.08 bits per heavy atom. The molecule has 0 saturated carbocycles. The molecule has 3 N–H and O–H groups in total. The van der Waals surface area contributed by atoms with Gasteiger partial charge in [-0.25, -0.2) is 10.4 Å². The third kappa shape index (κ3) is 7.44. The number of halogens is 1. The molecular weight excluding hydrogens is 502 g/mol. The quantitative estimate of drug-likeness (QED) is 0.221. The molecule has 1 heterocycles. The van der Waals surface area contributed by atoms with E-state index in [1.165, 1.54) is 0 Å². The Balaban J connectivity index is 1.45. The molecule has 3 aromatic rings. The molecule has 1 atom stereocenters. The third-order valence-corrected chi connectivity index (χ3v) is 6.47. The van der Waals surface area contributed by atoms with Gasteiger partial charge in [0.05, 0.1) is 6.61 Å². The number of benzene rings is 3. The van der Waals surface area contributed by atoms with Crippen molar-refractivity contribution in [1.82, 2.24) is 10.9 Å². The molecule has 0 spiro atoms. The molecule has 0 bridgehead atoms. The van der Waals surface area contributed by atoms with Crippen molar-refractivity contribution >= 4 is 29.5 Å². The highest BCUT2D eigenvalue weighted by Gasteiger charge is 2.43. The first-order chi connectivity index (χ1) is 18.6. The minimum absolute atomic E-state index is 0.0838. The first-order valence-corrected chi connectivity index (χ1v) is 13.0. The van der Waals surface area contributed by atoms with Crippen LogP contribution in [-0.2, 0) is 16.0 Å². The summed E-state index contributed by atoms with van der Waals surface area (Å²) in [5.41, 5.74) is 7.52. The molecule has 1 aliphatic rings. The zero-order chi connectivity index (χ0) is 26.6. The number of rotatable bonds is 13. The van der Waals surface area contributed by atoms with Gasteiger partial charge in [0.2, 0.25) is 5.90 Å². The maximum Gasteiger partial charge on any atom is 0.266 e. The van der Waals surface area contributed by atoms with Crippen LogP contribution in [0, 0.1) is 0 Å². The second-order valence-corrected chi connectivity index (χ2v) is 9.33. The number of nitrogens with zero attached hydrogens (tertiary/aromatic N) is 1. The van der Waals surface area contributed by atoms with Crippen molar-refractivity contribution in [3.63, 3.8) is 0 Å². The van der Waals surface area contributed by atoms with Crippen molar-refractivity contribution in [2.45, 2.75) is 24.8 Å². The molecule has 7 nitrogen and oxygen atoms in total. The van der Waals surface area contributed by atoms with Crippen molar-refractivity contribution in [3.8, 4) is 5.75 Å². The molecule has 1 amide bonds. The summed E-state index contributed by atoms with van der Waals surface area (Å²) < 4.78 is 11.5. The van der Waals surface area contributed by atoms with Crippen LogP contribution >= 0.6 is 11.6 Å². The van der Waals surface area contributed by atoms with E-state index in [-0.39, 0.29) is 19.1 Å². The predicted molar refractivity (Wildman–Crippen MR) is 150 cm³/mol. The molecule has 198 valence electrons. The number of ether oxygens (including phenoxy) is 2. The number of hydrogen-bond donors (Lipinski definition) is 3. The van der Waals surface area contributed by atoms with Gasteiger partial charge in [-0.2, -0.15) is 0 Å². The minimum atomic E-state index is -1.12. The van der Waals surface area contributed by atoms with Crippen LogP contribution in [0.2, 0.25) is 5.02 Å². The van der Waals surface area contributed by atoms with E-state index in [1.807, 2.05) is 91.0 Å². The van der Waals surface area contributed by atoms with Crippen molar-refractivity contribution in [1.29, 1.82) is 0 Å². The fourth-order valence-corrected chi connectivity index (χ4v) is 4.20. The zero-order valence-corrected chi connectivity index (χ0v) is 21.9. The van der Waals surface area contributed by atoms with E-state index < -0.39 is 5.54 Å². The van der Waals surface area contributed by atoms with Crippen LogP contribution in [0.4, 0.5) is 0 Å². The van der Waals surface area contributed by atoms with Crippen LogP contribution in [-0.4, -0.2) is 48.8 Å². The lowest BCUT2D eigenvalue weighted by atomic mass is 9.95. The monoisotopic (exact) mass is 533 g/mol. The highest BCUT2D eigenvalue weighted by atomic mass is 35.5. The van der Waals surface area contributed by atoms with Crippen molar-refractivity contribution in [2.75, 3.05) is 26.4 Å². The van der Waals surface area contributed by atoms with Crippen LogP contribution in [0.1, 0.15) is 29.5 Å². The normalized spacial score (nSPS) is 16.7. The van der Waals surface area contributed by atoms with Gasteiger partial charge in [-0.05, 0) is 47.9 Å². The highest BCUT2D eigenvalue weighted by molar-refractivity contribution is 6.31. The number of aliphatic hydroxyl groups excluding tert-OH is 1. The van der Waals surface area contributed by atoms with Crippen molar-refractivity contribution in [3.05, 3.63) is 107 Å². The lowest BCUT2D eigenvalue weighted by Crippen LogP contribution is -2.51. The minimum Gasteiger partial charge on any atom is -0.494 e. The summed E-state index contributed by atoms with van der Waals surface area (Å²) in [5.74, 6) is 0.831. The molecule has 1 aliphatic heterocycles. The zero-order valence-electron chi connectivity index (χ0n) is 21.1. The van der Waals surface area contributed by atoms with Crippen LogP contribution < -0.4 is 15.6 Å². The maximum atomic E-state index is 13.4. The van der Waals surface area contributed by atoms with Crippen LogP contribution in [0.15, 0.2) is 89.9 Å². The van der Waals surface area contributed by atoms with Crippen molar-refractivity contribution < 1.29 is 19.4 Å². The lowest BCUT2D eigenvalue weighted by molar-refractivity contribution is -0.127. The van der Waals surface area contributed by atoms with Gasteiger partial charge in [0.15, 0.2) is 5.54 Å². The average molecular weight is 534 g/mol. The number of nitrogens with one attached hydrogen (secondary N) is 2. The summed E-state index contributed by atoms with van der Waals surface area (Å²) in [5, 5.41) is 9.62. The summed E-state index contributed by atoms with van der Waals surface area (Å²) in [7, 11) is 0. The second kappa shape index (κ2) is 13.8. The van der Waals surface area contributed by atoms with Gasteiger partial charge >= 0.3 is 0 Å². The number of aliphatic imine (C=N–C) groups is 1. The Kier molecular flexibility index (Phi) is 9.92. The van der Waals surface area contributed by atoms with Gasteiger partial charge in [-0.3, -0.25) is 10.2 Å². The Labute approximate surface area is 228 Å². The van der Waals surface area contributed by atoms with Crippen molar-refractivity contribution in [2.24, 2.45) is 4.99 Å². The highest BCUT2D eigenvalue weighted by Crippen LogP contribution is 2.27. The Morgan fingerprint density at radius 2 is 1.84 bits per heavy atom. The molecular formula is C30H32ClN3O4. The molecule has 0 fully saturated rings. The fourth-order valence-electron chi connectivity index (χ4n) is 3.97. The van der Waals surface area contributed by atoms with E-state index in [4.69, 9.17) is 31.2 Å². The molecule has 0 aliphatic carbocycles. The van der Waals surface area contributed by atoms with Gasteiger partial charge in [-0.15, -0.1) is 0 Å². The average Bonchev–Trinajstić information content (AvgIpc) is 3.39. The summed E-state index contributed by atoms with van der Waals surface area (Å²) >= 11 is 6.24. The van der Waals surface area contributed by atoms with Gasteiger partial charge in [0.25, 0.3) is 5.91 Å². The number of hydrazine groups is 1. The molecule has 0 aromatic heterocycles. The van der Waals surface area contributed by atoms with Gasteiger partial charge < -0.3 is 14.6 Å². The van der Waals surface area contributed by atoms with Gasteiger partial charge in [0, 0.05) is 36.6 Å².